The second kappa shape index (κ2) is 12.1. The number of hydrogen-bond donors (Lipinski definition) is 5. The van der Waals surface area contributed by atoms with E-state index in [-0.39, 0.29) is 30.0 Å². The lowest BCUT2D eigenvalue weighted by atomic mass is 9.89. The molecule has 1 aliphatic rings. The molecule has 2 aromatic carbocycles. The second-order valence-corrected chi connectivity index (χ2v) is 8.95. The maximum Gasteiger partial charge on any atom is 0.390 e. The lowest BCUT2D eigenvalue weighted by Gasteiger charge is -2.26. The van der Waals surface area contributed by atoms with E-state index in [1.807, 2.05) is 0 Å². The summed E-state index contributed by atoms with van der Waals surface area (Å²) in [7, 11) is 0. The lowest BCUT2D eigenvalue weighted by molar-refractivity contribution is -0.135. The summed E-state index contributed by atoms with van der Waals surface area (Å²) >= 11 is 6.03. The van der Waals surface area contributed by atoms with Gasteiger partial charge in [0, 0.05) is 35.0 Å². The van der Waals surface area contributed by atoms with Gasteiger partial charge < -0.3 is 21.3 Å². The van der Waals surface area contributed by atoms with E-state index in [9.17, 15) is 28.2 Å². The number of nitrogens with one attached hydrogen (secondary N) is 2. The summed E-state index contributed by atoms with van der Waals surface area (Å²) in [6, 6.07) is 11.1. The third-order valence-electron chi connectivity index (χ3n) is 5.67. The molecule has 0 aliphatic heterocycles. The van der Waals surface area contributed by atoms with Crippen molar-refractivity contribution >= 4 is 34.9 Å². The zero-order valence-electron chi connectivity index (χ0n) is 19.7. The minimum absolute atomic E-state index is 0.0906. The van der Waals surface area contributed by atoms with Crippen LogP contribution in [0.3, 0.4) is 0 Å². The number of carbonyl (C=O) groups excluding carboxylic acids is 1. The Morgan fingerprint density at radius 2 is 1.95 bits per heavy atom. The van der Waals surface area contributed by atoms with Gasteiger partial charge in [0.15, 0.2) is 0 Å². The molecule has 1 unspecified atom stereocenters. The van der Waals surface area contributed by atoms with E-state index < -0.39 is 37.1 Å². The van der Waals surface area contributed by atoms with Crippen molar-refractivity contribution in [2.24, 2.45) is 10.7 Å². The number of rotatable bonds is 6. The number of aliphatic hydroxyl groups is 1. The first kappa shape index (κ1) is 28.0. The fraction of sp³-hybridized carbons (Fsp3) is 0.320. The molecule has 1 aliphatic carbocycles. The molecule has 0 spiro atoms. The van der Waals surface area contributed by atoms with Gasteiger partial charge in [-0.2, -0.15) is 13.2 Å². The predicted octanol–water partition coefficient (Wildman–Crippen LogP) is 4.87. The fourth-order valence-electron chi connectivity index (χ4n) is 3.75. The summed E-state index contributed by atoms with van der Waals surface area (Å²) in [5.74, 6) is -0.559. The first-order chi connectivity index (χ1) is 17.4. The number of benzene rings is 2. The van der Waals surface area contributed by atoms with E-state index in [0.717, 1.165) is 0 Å². The number of halogens is 4. The van der Waals surface area contributed by atoms with E-state index in [1.54, 1.807) is 24.3 Å². The molecule has 0 bridgehead atoms. The van der Waals surface area contributed by atoms with Gasteiger partial charge in [0.1, 0.15) is 11.6 Å². The van der Waals surface area contributed by atoms with Crippen molar-refractivity contribution in [2.45, 2.75) is 38.0 Å². The van der Waals surface area contributed by atoms with Crippen molar-refractivity contribution in [3.05, 3.63) is 70.4 Å². The summed E-state index contributed by atoms with van der Waals surface area (Å²) in [6.07, 6.45) is -5.42. The van der Waals surface area contributed by atoms with Gasteiger partial charge in [0.25, 0.3) is 0 Å². The smallest absolute Gasteiger partial charge is 0.390 e. The quantitative estimate of drug-likeness (QED) is 0.265. The second-order valence-electron chi connectivity index (χ2n) is 8.51. The molecule has 37 heavy (non-hydrogen) atoms. The Labute approximate surface area is 216 Å². The third-order valence-corrected chi connectivity index (χ3v) is 5.90. The van der Waals surface area contributed by atoms with Crippen LogP contribution < -0.4 is 11.1 Å². The van der Waals surface area contributed by atoms with Gasteiger partial charge in [-0.25, -0.2) is 4.79 Å². The third kappa shape index (κ3) is 8.22. The van der Waals surface area contributed by atoms with E-state index in [1.165, 1.54) is 24.3 Å². The van der Waals surface area contributed by atoms with Gasteiger partial charge >= 0.3 is 12.2 Å². The SMILES string of the molecule is N=C(c1ccc(O)cc1)N(CCC(F)(F)F)C(=O)NC/C(N)=C1\CC(O)CCC1=Nc1cccc(Cl)c1. The van der Waals surface area contributed by atoms with E-state index >= 15 is 0 Å². The Morgan fingerprint density at radius 1 is 1.24 bits per heavy atom. The monoisotopic (exact) mass is 537 g/mol. The van der Waals surface area contributed by atoms with Gasteiger partial charge in [0.05, 0.1) is 24.8 Å². The Morgan fingerprint density at radius 3 is 2.59 bits per heavy atom. The first-order valence-corrected chi connectivity index (χ1v) is 11.8. The molecule has 198 valence electrons. The zero-order chi connectivity index (χ0) is 27.2. The van der Waals surface area contributed by atoms with Crippen LogP contribution >= 0.6 is 11.6 Å². The molecular weight excluding hydrogens is 511 g/mol. The average molecular weight is 538 g/mol. The van der Waals surface area contributed by atoms with Crippen molar-refractivity contribution in [1.82, 2.24) is 10.2 Å². The Bertz CT molecular complexity index is 1200. The normalized spacial score (nSPS) is 18.4. The number of urea groups is 1. The molecule has 1 atom stereocenters. The van der Waals surface area contributed by atoms with Gasteiger partial charge in [0.2, 0.25) is 0 Å². The highest BCUT2D eigenvalue weighted by atomic mass is 35.5. The lowest BCUT2D eigenvalue weighted by Crippen LogP contribution is -2.46. The van der Waals surface area contributed by atoms with Crippen LogP contribution in [-0.2, 0) is 0 Å². The average Bonchev–Trinajstić information content (AvgIpc) is 2.83. The maximum absolute atomic E-state index is 12.9. The zero-order valence-corrected chi connectivity index (χ0v) is 20.5. The molecule has 0 aromatic heterocycles. The standard InChI is InChI=1S/C25H27ClF3N5O3/c26-16-2-1-3-17(12-16)33-22-9-8-19(36)13-20(22)21(30)14-32-24(37)34(11-10-25(27,28)29)23(31)15-4-6-18(35)7-5-15/h1-7,12,19,31,35-36H,8-11,13-14,30H2,(H,32,37)/b21-20-,31-23?,33-22?. The van der Waals surface area contributed by atoms with Crippen LogP contribution in [-0.4, -0.2) is 58.1 Å². The van der Waals surface area contributed by atoms with Crippen LogP contribution in [0.2, 0.25) is 5.02 Å². The summed E-state index contributed by atoms with van der Waals surface area (Å²) in [6.45, 7) is -1.02. The molecule has 1 fully saturated rings. The van der Waals surface area contributed by atoms with Crippen LogP contribution in [0.4, 0.5) is 23.7 Å². The number of nitrogens with zero attached hydrogens (tertiary/aromatic N) is 2. The van der Waals surface area contributed by atoms with Gasteiger partial charge in [-0.3, -0.25) is 15.3 Å². The Balaban J connectivity index is 1.80. The molecule has 0 heterocycles. The highest BCUT2D eigenvalue weighted by Crippen LogP contribution is 2.27. The largest absolute Gasteiger partial charge is 0.508 e. The highest BCUT2D eigenvalue weighted by molar-refractivity contribution is 6.30. The van der Waals surface area contributed by atoms with Crippen LogP contribution in [0.15, 0.2) is 64.8 Å². The summed E-state index contributed by atoms with van der Waals surface area (Å²) < 4.78 is 38.7. The van der Waals surface area contributed by atoms with Crippen molar-refractivity contribution < 1.29 is 28.2 Å². The van der Waals surface area contributed by atoms with Gasteiger partial charge in [-0.05, 0) is 60.9 Å². The minimum atomic E-state index is -4.54. The number of hydrogen-bond acceptors (Lipinski definition) is 6. The van der Waals surface area contributed by atoms with Crippen molar-refractivity contribution in [3.8, 4) is 5.75 Å². The maximum atomic E-state index is 12.9. The summed E-state index contributed by atoms with van der Waals surface area (Å²) in [5, 5.41) is 30.9. The summed E-state index contributed by atoms with van der Waals surface area (Å²) in [5.41, 5.74) is 8.33. The molecular formula is C25H27ClF3N5O3. The number of aliphatic hydroxyl groups excluding tert-OH is 1. The molecule has 2 aromatic rings. The summed E-state index contributed by atoms with van der Waals surface area (Å²) in [4.78, 5) is 18.1. The number of phenols is 1. The molecule has 12 heteroatoms. The van der Waals surface area contributed by atoms with Crippen LogP contribution in [0.1, 0.15) is 31.2 Å². The van der Waals surface area contributed by atoms with Crippen LogP contribution in [0, 0.1) is 5.41 Å². The van der Waals surface area contributed by atoms with Crippen molar-refractivity contribution in [2.75, 3.05) is 13.1 Å². The number of alkyl halides is 3. The highest BCUT2D eigenvalue weighted by Gasteiger charge is 2.31. The van der Waals surface area contributed by atoms with E-state index in [4.69, 9.17) is 22.7 Å². The van der Waals surface area contributed by atoms with Gasteiger partial charge in [-0.1, -0.05) is 17.7 Å². The number of nitrogens with two attached hydrogens (primary N) is 1. The Kier molecular flexibility index (Phi) is 9.17. The topological polar surface area (TPSA) is 135 Å². The number of phenolic OH excluding ortho intramolecular Hbond substituents is 1. The minimum Gasteiger partial charge on any atom is -0.508 e. The Hall–Kier alpha value is -3.57. The van der Waals surface area contributed by atoms with E-state index in [0.29, 0.717) is 39.7 Å². The molecule has 0 radical (unpaired) electrons. The molecule has 8 nitrogen and oxygen atoms in total. The van der Waals surface area contributed by atoms with Crippen LogP contribution in [0.5, 0.6) is 5.75 Å². The molecule has 1 saturated carbocycles. The fourth-order valence-corrected chi connectivity index (χ4v) is 3.94. The number of aliphatic imine (C=N–C) groups is 1. The number of carbonyl (C=O) groups is 1. The van der Waals surface area contributed by atoms with Crippen molar-refractivity contribution in [1.29, 1.82) is 5.41 Å². The molecule has 2 amide bonds. The molecule has 3 rings (SSSR count). The van der Waals surface area contributed by atoms with Crippen molar-refractivity contribution in [3.63, 3.8) is 0 Å². The first-order valence-electron chi connectivity index (χ1n) is 11.4. The van der Waals surface area contributed by atoms with E-state index in [2.05, 4.69) is 10.3 Å². The number of amides is 2. The van der Waals surface area contributed by atoms with Gasteiger partial charge in [-0.15, -0.1) is 0 Å². The molecule has 6 N–H and O–H groups in total. The number of aromatic hydroxyl groups is 1. The predicted molar refractivity (Wildman–Crippen MR) is 135 cm³/mol. The molecule has 0 saturated heterocycles. The van der Waals surface area contributed by atoms with Crippen LogP contribution in [0.25, 0.3) is 0 Å². The number of amidine groups is 1.